The lowest BCUT2D eigenvalue weighted by atomic mass is 10.1. The second-order valence-electron chi connectivity index (χ2n) is 5.11. The largest absolute Gasteiger partial charge is 0.415 e. The molecule has 2 heterocycles. The zero-order valence-electron chi connectivity index (χ0n) is 12.8. The molecule has 1 atom stereocenters. The molecule has 0 aliphatic heterocycles. The smallest absolute Gasteiger partial charge is 0.314 e. The van der Waals surface area contributed by atoms with Gasteiger partial charge in [0.15, 0.2) is 0 Å². The number of nitrogens with one attached hydrogen (secondary N) is 1. The van der Waals surface area contributed by atoms with Crippen molar-refractivity contribution in [2.45, 2.75) is 19.4 Å². The first-order valence-corrected chi connectivity index (χ1v) is 7.09. The summed E-state index contributed by atoms with van der Waals surface area (Å²) in [5, 5.41) is 9.57. The van der Waals surface area contributed by atoms with Crippen LogP contribution in [0.3, 0.4) is 0 Å². The maximum atomic E-state index is 13.3. The topological polar surface area (TPSA) is 76.7 Å². The first kappa shape index (κ1) is 16.8. The van der Waals surface area contributed by atoms with Gasteiger partial charge in [0.05, 0.1) is 11.6 Å². The SMILES string of the molecule is C[C@@H](Nc1ncc(-c2nnc(C(F)F)o2)cn1)c1cc(F)cc(F)c1. The summed E-state index contributed by atoms with van der Waals surface area (Å²) in [5.41, 5.74) is 0.637. The molecule has 3 aromatic rings. The van der Waals surface area contributed by atoms with Crippen LogP contribution in [-0.2, 0) is 0 Å². The van der Waals surface area contributed by atoms with Gasteiger partial charge in [-0.2, -0.15) is 8.78 Å². The Balaban J connectivity index is 1.73. The Bertz CT molecular complexity index is 848. The molecule has 0 fully saturated rings. The van der Waals surface area contributed by atoms with Gasteiger partial charge in [0.25, 0.3) is 11.8 Å². The molecule has 0 aliphatic rings. The Kier molecular flexibility index (Phi) is 4.59. The van der Waals surface area contributed by atoms with Crippen LogP contribution in [-0.4, -0.2) is 20.2 Å². The minimum absolute atomic E-state index is 0.137. The van der Waals surface area contributed by atoms with Crippen LogP contribution in [0.5, 0.6) is 0 Å². The molecule has 1 N–H and O–H groups in total. The van der Waals surface area contributed by atoms with E-state index < -0.39 is 30.0 Å². The second kappa shape index (κ2) is 6.83. The summed E-state index contributed by atoms with van der Waals surface area (Å²) in [7, 11) is 0. The van der Waals surface area contributed by atoms with Gasteiger partial charge in [0, 0.05) is 18.5 Å². The van der Waals surface area contributed by atoms with Crippen LogP contribution in [0.25, 0.3) is 11.5 Å². The Morgan fingerprint density at radius 3 is 2.20 bits per heavy atom. The Hall–Kier alpha value is -3.04. The van der Waals surface area contributed by atoms with E-state index in [0.717, 1.165) is 6.07 Å². The molecule has 0 radical (unpaired) electrons. The summed E-state index contributed by atoms with van der Waals surface area (Å²) < 4.78 is 56.2. The summed E-state index contributed by atoms with van der Waals surface area (Å²) in [6.45, 7) is 1.68. The average molecular weight is 353 g/mol. The van der Waals surface area contributed by atoms with Gasteiger partial charge in [-0.3, -0.25) is 0 Å². The van der Waals surface area contributed by atoms with Crippen molar-refractivity contribution in [1.29, 1.82) is 0 Å². The normalized spacial score (nSPS) is 12.4. The van der Waals surface area contributed by atoms with Crippen molar-refractivity contribution in [1.82, 2.24) is 20.2 Å². The van der Waals surface area contributed by atoms with E-state index in [1.807, 2.05) is 0 Å². The number of alkyl halides is 2. The van der Waals surface area contributed by atoms with Gasteiger partial charge in [0.2, 0.25) is 5.95 Å². The van der Waals surface area contributed by atoms with Crippen molar-refractivity contribution in [2.75, 3.05) is 5.32 Å². The van der Waals surface area contributed by atoms with E-state index in [9.17, 15) is 17.6 Å². The number of benzene rings is 1. The second-order valence-corrected chi connectivity index (χ2v) is 5.11. The van der Waals surface area contributed by atoms with Crippen molar-refractivity contribution < 1.29 is 22.0 Å². The lowest BCUT2D eigenvalue weighted by Crippen LogP contribution is -2.10. The third kappa shape index (κ3) is 3.90. The molecule has 0 bridgehead atoms. The Morgan fingerprint density at radius 1 is 1.00 bits per heavy atom. The lowest BCUT2D eigenvalue weighted by Gasteiger charge is -2.14. The highest BCUT2D eigenvalue weighted by molar-refractivity contribution is 5.50. The number of hydrogen-bond donors (Lipinski definition) is 1. The predicted molar refractivity (Wildman–Crippen MR) is 78.7 cm³/mol. The standard InChI is InChI=1S/C15H11F4N5O/c1-7(8-2-10(16)4-11(17)3-8)22-15-20-5-9(6-21-15)13-23-24-14(25-13)12(18)19/h2-7,12H,1H3,(H,20,21,22)/t7-/m1/s1. The zero-order valence-corrected chi connectivity index (χ0v) is 12.8. The predicted octanol–water partition coefficient (Wildman–Crippen LogP) is 3.92. The number of aromatic nitrogens is 4. The van der Waals surface area contributed by atoms with E-state index in [0.29, 0.717) is 5.56 Å². The van der Waals surface area contributed by atoms with Gasteiger partial charge >= 0.3 is 6.43 Å². The molecule has 10 heteroatoms. The first-order chi connectivity index (χ1) is 11.9. The fourth-order valence-electron chi connectivity index (χ4n) is 2.05. The maximum absolute atomic E-state index is 13.3. The molecule has 2 aromatic heterocycles. The van der Waals surface area contributed by atoms with Gasteiger partial charge < -0.3 is 9.73 Å². The third-order valence-corrected chi connectivity index (χ3v) is 3.26. The number of hydrogen-bond acceptors (Lipinski definition) is 6. The van der Waals surface area contributed by atoms with Crippen molar-refractivity contribution in [3.63, 3.8) is 0 Å². The van der Waals surface area contributed by atoms with Crippen molar-refractivity contribution in [3.8, 4) is 11.5 Å². The van der Waals surface area contributed by atoms with Crippen LogP contribution >= 0.6 is 0 Å². The molecule has 0 spiro atoms. The van der Waals surface area contributed by atoms with Crippen LogP contribution in [0.2, 0.25) is 0 Å². The molecular formula is C15H11F4N5O. The molecule has 130 valence electrons. The van der Waals surface area contributed by atoms with Gasteiger partial charge in [-0.15, -0.1) is 10.2 Å². The Labute approximate surface area is 138 Å². The highest BCUT2D eigenvalue weighted by atomic mass is 19.3. The minimum atomic E-state index is -2.87. The van der Waals surface area contributed by atoms with Crippen LogP contribution in [0, 0.1) is 11.6 Å². The van der Waals surface area contributed by atoms with Gasteiger partial charge in [0.1, 0.15) is 11.6 Å². The number of anilines is 1. The van der Waals surface area contributed by atoms with Gasteiger partial charge in [-0.1, -0.05) is 0 Å². The highest BCUT2D eigenvalue weighted by Gasteiger charge is 2.17. The van der Waals surface area contributed by atoms with E-state index in [4.69, 9.17) is 4.42 Å². The molecule has 0 aliphatic carbocycles. The van der Waals surface area contributed by atoms with E-state index in [-0.39, 0.29) is 17.4 Å². The van der Waals surface area contributed by atoms with Crippen LogP contribution in [0.15, 0.2) is 35.0 Å². The molecular weight excluding hydrogens is 342 g/mol. The average Bonchev–Trinajstić information content (AvgIpc) is 3.05. The molecule has 0 unspecified atom stereocenters. The molecule has 0 amide bonds. The number of rotatable bonds is 5. The summed E-state index contributed by atoms with van der Waals surface area (Å²) in [6.07, 6.45) is -0.260. The number of nitrogens with zero attached hydrogens (tertiary/aromatic N) is 4. The van der Waals surface area contributed by atoms with Crippen molar-refractivity contribution >= 4 is 5.95 Å². The molecule has 25 heavy (non-hydrogen) atoms. The lowest BCUT2D eigenvalue weighted by molar-refractivity contribution is 0.116. The quantitative estimate of drug-likeness (QED) is 0.701. The maximum Gasteiger partial charge on any atom is 0.314 e. The van der Waals surface area contributed by atoms with Crippen molar-refractivity contribution in [2.24, 2.45) is 0 Å². The van der Waals surface area contributed by atoms with E-state index >= 15 is 0 Å². The van der Waals surface area contributed by atoms with Crippen LogP contribution in [0.4, 0.5) is 23.5 Å². The molecule has 6 nitrogen and oxygen atoms in total. The zero-order chi connectivity index (χ0) is 18.0. The fourth-order valence-corrected chi connectivity index (χ4v) is 2.05. The number of halogens is 4. The van der Waals surface area contributed by atoms with Crippen molar-refractivity contribution in [3.05, 3.63) is 53.7 Å². The van der Waals surface area contributed by atoms with Gasteiger partial charge in [-0.25, -0.2) is 18.7 Å². The third-order valence-electron chi connectivity index (χ3n) is 3.26. The summed E-state index contributed by atoms with van der Waals surface area (Å²) in [6, 6.07) is 2.70. The molecule has 3 rings (SSSR count). The first-order valence-electron chi connectivity index (χ1n) is 7.09. The highest BCUT2D eigenvalue weighted by Crippen LogP contribution is 2.23. The summed E-state index contributed by atoms with van der Waals surface area (Å²) >= 11 is 0. The molecule has 0 saturated carbocycles. The summed E-state index contributed by atoms with van der Waals surface area (Å²) in [5.74, 6) is -2.13. The van der Waals surface area contributed by atoms with E-state index in [1.165, 1.54) is 24.5 Å². The monoisotopic (exact) mass is 353 g/mol. The summed E-state index contributed by atoms with van der Waals surface area (Å²) in [4.78, 5) is 7.99. The van der Waals surface area contributed by atoms with E-state index in [2.05, 4.69) is 25.5 Å². The molecule has 0 saturated heterocycles. The fraction of sp³-hybridized carbons (Fsp3) is 0.200. The Morgan fingerprint density at radius 2 is 1.64 bits per heavy atom. The van der Waals surface area contributed by atoms with Gasteiger partial charge in [-0.05, 0) is 24.6 Å². The van der Waals surface area contributed by atoms with E-state index in [1.54, 1.807) is 6.92 Å². The minimum Gasteiger partial charge on any atom is -0.415 e. The van der Waals surface area contributed by atoms with Crippen LogP contribution < -0.4 is 5.32 Å². The molecule has 1 aromatic carbocycles. The van der Waals surface area contributed by atoms with Crippen LogP contribution in [0.1, 0.15) is 30.8 Å².